The Morgan fingerprint density at radius 2 is 1.54 bits per heavy atom. The fourth-order valence-electron chi connectivity index (χ4n) is 4.17. The molecule has 1 heterocycles. The van der Waals surface area contributed by atoms with Gasteiger partial charge < -0.3 is 18.9 Å². The van der Waals surface area contributed by atoms with E-state index >= 15 is 0 Å². The summed E-state index contributed by atoms with van der Waals surface area (Å²) in [5.74, 6) is -4.15. The molecule has 0 radical (unpaired) electrons. The smallest absolute Gasteiger partial charge is 0.309 e. The van der Waals surface area contributed by atoms with Crippen molar-refractivity contribution in [1.29, 1.82) is 0 Å². The van der Waals surface area contributed by atoms with Crippen LogP contribution in [0.1, 0.15) is 54.7 Å². The van der Waals surface area contributed by atoms with Crippen LogP contribution in [0.4, 0.5) is 8.78 Å². The van der Waals surface area contributed by atoms with Crippen molar-refractivity contribution in [2.45, 2.75) is 39.2 Å². The third-order valence-corrected chi connectivity index (χ3v) is 6.02. The lowest BCUT2D eigenvalue weighted by molar-refractivity contribution is -0.153. The lowest BCUT2D eigenvalue weighted by Gasteiger charge is -2.27. The first kappa shape index (κ1) is 29.2. The Hall–Kier alpha value is -4.34. The molecule has 3 rings (SSSR count). The third kappa shape index (κ3) is 7.16. The Morgan fingerprint density at radius 1 is 0.897 bits per heavy atom. The highest BCUT2D eigenvalue weighted by Gasteiger charge is 2.31. The standard InChI is InChI=1S/C29H29F2NO7/c1-16(14-23(34)27-28(39-18(3)33)24(36-4)12-13-32-27)29(35)38-17(2)26(19-6-8-20(30)9-7-19)22-11-10-21(31)15-25(22)37-5/h6-13,15-17,26H,14H2,1-5H3/t16-,17+,26-/m1/s1. The highest BCUT2D eigenvalue weighted by molar-refractivity contribution is 5.99. The number of rotatable bonds is 11. The predicted molar refractivity (Wildman–Crippen MR) is 137 cm³/mol. The summed E-state index contributed by atoms with van der Waals surface area (Å²) in [5, 5.41) is 0. The minimum atomic E-state index is -0.901. The number of benzene rings is 2. The molecule has 0 saturated heterocycles. The number of nitrogens with zero attached hydrogens (tertiary/aromatic N) is 1. The molecule has 0 saturated carbocycles. The fourth-order valence-corrected chi connectivity index (χ4v) is 4.17. The number of carbonyl (C=O) groups excluding carboxylic acids is 3. The zero-order valence-corrected chi connectivity index (χ0v) is 22.2. The van der Waals surface area contributed by atoms with E-state index in [1.165, 1.54) is 70.7 Å². The third-order valence-electron chi connectivity index (χ3n) is 6.02. The van der Waals surface area contributed by atoms with Gasteiger partial charge in [-0.2, -0.15) is 0 Å². The number of hydrogen-bond acceptors (Lipinski definition) is 8. The van der Waals surface area contributed by atoms with E-state index in [0.29, 0.717) is 11.1 Å². The van der Waals surface area contributed by atoms with Gasteiger partial charge in [0.25, 0.3) is 0 Å². The van der Waals surface area contributed by atoms with Crippen LogP contribution in [0.5, 0.6) is 17.2 Å². The van der Waals surface area contributed by atoms with Crippen molar-refractivity contribution in [2.75, 3.05) is 14.2 Å². The van der Waals surface area contributed by atoms with Gasteiger partial charge in [-0.1, -0.05) is 25.1 Å². The second-order valence-corrected chi connectivity index (χ2v) is 8.87. The number of carbonyl (C=O) groups is 3. The van der Waals surface area contributed by atoms with E-state index in [1.54, 1.807) is 19.1 Å². The monoisotopic (exact) mass is 541 g/mol. The van der Waals surface area contributed by atoms with Gasteiger partial charge in [0.15, 0.2) is 17.2 Å². The maximum Gasteiger partial charge on any atom is 0.309 e. The van der Waals surface area contributed by atoms with Crippen molar-refractivity contribution in [2.24, 2.45) is 5.92 Å². The molecule has 0 aliphatic carbocycles. The Balaban J connectivity index is 1.84. The second kappa shape index (κ2) is 12.9. The number of pyridine rings is 1. The van der Waals surface area contributed by atoms with Gasteiger partial charge in [-0.15, -0.1) is 0 Å². The van der Waals surface area contributed by atoms with Crippen LogP contribution in [0.15, 0.2) is 54.7 Å². The van der Waals surface area contributed by atoms with Crippen LogP contribution in [-0.2, 0) is 14.3 Å². The van der Waals surface area contributed by atoms with Gasteiger partial charge in [-0.3, -0.25) is 14.4 Å². The van der Waals surface area contributed by atoms with Gasteiger partial charge in [-0.25, -0.2) is 13.8 Å². The van der Waals surface area contributed by atoms with Crippen LogP contribution in [-0.4, -0.2) is 43.0 Å². The van der Waals surface area contributed by atoms with Crippen molar-refractivity contribution in [3.63, 3.8) is 0 Å². The first-order valence-electron chi connectivity index (χ1n) is 12.1. The number of hydrogen-bond donors (Lipinski definition) is 0. The van der Waals surface area contributed by atoms with Gasteiger partial charge in [-0.05, 0) is 30.7 Å². The van der Waals surface area contributed by atoms with E-state index < -0.39 is 47.3 Å². The quantitative estimate of drug-likeness (QED) is 0.239. The van der Waals surface area contributed by atoms with Crippen molar-refractivity contribution >= 4 is 17.7 Å². The summed E-state index contributed by atoms with van der Waals surface area (Å²) in [6, 6.07) is 11.1. The van der Waals surface area contributed by atoms with E-state index in [2.05, 4.69) is 4.98 Å². The zero-order chi connectivity index (χ0) is 28.7. The van der Waals surface area contributed by atoms with E-state index in [-0.39, 0.29) is 29.4 Å². The number of methoxy groups -OCH3 is 2. The summed E-state index contributed by atoms with van der Waals surface area (Å²) in [4.78, 5) is 41.7. The molecule has 8 nitrogen and oxygen atoms in total. The summed E-state index contributed by atoms with van der Waals surface area (Å²) >= 11 is 0. The Morgan fingerprint density at radius 3 is 2.15 bits per heavy atom. The molecule has 0 unspecified atom stereocenters. The van der Waals surface area contributed by atoms with E-state index in [0.717, 1.165) is 0 Å². The Bertz CT molecular complexity index is 1340. The fraction of sp³-hybridized carbons (Fsp3) is 0.310. The van der Waals surface area contributed by atoms with Gasteiger partial charge in [0.2, 0.25) is 5.75 Å². The molecule has 3 aromatic rings. The lowest BCUT2D eigenvalue weighted by atomic mass is 9.86. The van der Waals surface area contributed by atoms with Crippen LogP contribution >= 0.6 is 0 Å². The first-order valence-corrected chi connectivity index (χ1v) is 12.1. The molecule has 0 N–H and O–H groups in total. The largest absolute Gasteiger partial charge is 0.496 e. The van der Waals surface area contributed by atoms with Crippen molar-refractivity contribution in [3.8, 4) is 17.2 Å². The highest BCUT2D eigenvalue weighted by atomic mass is 19.1. The normalized spacial score (nSPS) is 13.1. The Kier molecular flexibility index (Phi) is 9.70. The molecule has 0 fully saturated rings. The molecule has 0 amide bonds. The number of ketones is 1. The molecule has 206 valence electrons. The molecule has 0 spiro atoms. The molecule has 0 aliphatic rings. The SMILES string of the molecule is COc1cc(F)ccc1[C@@H](c1ccc(F)cc1)[C@H](C)OC(=O)[C@H](C)CC(=O)c1nccc(OC)c1OC(C)=O. The number of ether oxygens (including phenoxy) is 4. The lowest BCUT2D eigenvalue weighted by Crippen LogP contribution is -2.28. The molecule has 1 aromatic heterocycles. The molecule has 39 heavy (non-hydrogen) atoms. The summed E-state index contributed by atoms with van der Waals surface area (Å²) in [6.07, 6.45) is 0.223. The molecule has 10 heteroatoms. The zero-order valence-electron chi connectivity index (χ0n) is 22.2. The van der Waals surface area contributed by atoms with E-state index in [1.807, 2.05) is 0 Å². The number of esters is 2. The Labute approximate surface area is 224 Å². The summed E-state index contributed by atoms with van der Waals surface area (Å²) in [5.41, 5.74) is 0.982. The first-order chi connectivity index (χ1) is 18.5. The summed E-state index contributed by atoms with van der Waals surface area (Å²) in [7, 11) is 2.74. The molecule has 2 aromatic carbocycles. The van der Waals surface area contributed by atoms with E-state index in [9.17, 15) is 23.2 Å². The summed E-state index contributed by atoms with van der Waals surface area (Å²) in [6.45, 7) is 4.34. The van der Waals surface area contributed by atoms with Crippen LogP contribution in [0.3, 0.4) is 0 Å². The average Bonchev–Trinajstić information content (AvgIpc) is 2.90. The average molecular weight is 542 g/mol. The van der Waals surface area contributed by atoms with Gasteiger partial charge in [0.05, 0.1) is 20.1 Å². The van der Waals surface area contributed by atoms with Gasteiger partial charge in [0.1, 0.15) is 23.5 Å². The number of halogens is 2. The summed E-state index contributed by atoms with van der Waals surface area (Å²) < 4.78 is 49.0. The van der Waals surface area contributed by atoms with Crippen molar-refractivity contribution in [1.82, 2.24) is 4.98 Å². The predicted octanol–water partition coefficient (Wildman–Crippen LogP) is 5.28. The molecule has 3 atom stereocenters. The van der Waals surface area contributed by atoms with Crippen molar-refractivity contribution < 1.29 is 42.1 Å². The molecule has 0 aliphatic heterocycles. The minimum absolute atomic E-state index is 0.133. The van der Waals surface area contributed by atoms with Crippen LogP contribution < -0.4 is 14.2 Å². The molecular weight excluding hydrogens is 512 g/mol. The van der Waals surface area contributed by atoms with Crippen LogP contribution in [0.2, 0.25) is 0 Å². The highest BCUT2D eigenvalue weighted by Crippen LogP contribution is 2.37. The topological polar surface area (TPSA) is 101 Å². The van der Waals surface area contributed by atoms with E-state index in [4.69, 9.17) is 18.9 Å². The second-order valence-electron chi connectivity index (χ2n) is 8.87. The van der Waals surface area contributed by atoms with Crippen LogP contribution in [0.25, 0.3) is 0 Å². The van der Waals surface area contributed by atoms with Crippen LogP contribution in [0, 0.1) is 17.6 Å². The van der Waals surface area contributed by atoms with Gasteiger partial charge >= 0.3 is 11.9 Å². The van der Waals surface area contributed by atoms with Gasteiger partial charge in [0, 0.05) is 43.2 Å². The van der Waals surface area contributed by atoms with Crippen molar-refractivity contribution in [3.05, 3.63) is 83.2 Å². The number of aromatic nitrogens is 1. The number of Topliss-reactive ketones (excluding diaryl/α,β-unsaturated/α-hetero) is 1. The minimum Gasteiger partial charge on any atom is -0.496 e. The maximum absolute atomic E-state index is 13.9. The molecule has 0 bridgehead atoms. The maximum atomic E-state index is 13.9. The molecular formula is C29H29F2NO7.